The zero-order valence-electron chi connectivity index (χ0n) is 18.1. The summed E-state index contributed by atoms with van der Waals surface area (Å²) in [5, 5.41) is 7.91. The molecule has 0 unspecified atom stereocenters. The van der Waals surface area contributed by atoms with Crippen molar-refractivity contribution in [1.82, 2.24) is 10.2 Å². The number of imide groups is 1. The third kappa shape index (κ3) is 4.47. The molecule has 4 amide bonds. The van der Waals surface area contributed by atoms with Crippen LogP contribution in [-0.2, 0) is 14.3 Å². The van der Waals surface area contributed by atoms with Crippen molar-refractivity contribution >= 4 is 51.8 Å². The van der Waals surface area contributed by atoms with Crippen LogP contribution in [0, 0.1) is 0 Å². The SMILES string of the molecule is COC(=O)c1c(-c2ccccc2Cl)csc1NC(=O)CN1C(=O)NC2(CCCCCC2)C1=O. The van der Waals surface area contributed by atoms with Gasteiger partial charge in [0.25, 0.3) is 5.91 Å². The third-order valence-electron chi connectivity index (χ3n) is 6.10. The highest BCUT2D eigenvalue weighted by molar-refractivity contribution is 7.15. The Morgan fingerprint density at radius 1 is 1.15 bits per heavy atom. The van der Waals surface area contributed by atoms with Gasteiger partial charge in [-0.2, -0.15) is 0 Å². The Morgan fingerprint density at radius 3 is 2.52 bits per heavy atom. The molecule has 10 heteroatoms. The lowest BCUT2D eigenvalue weighted by Gasteiger charge is -2.24. The smallest absolute Gasteiger partial charge is 0.341 e. The van der Waals surface area contributed by atoms with Gasteiger partial charge in [-0.05, 0) is 18.9 Å². The first-order valence-electron chi connectivity index (χ1n) is 10.7. The molecule has 2 aliphatic rings. The number of thiophene rings is 1. The van der Waals surface area contributed by atoms with Gasteiger partial charge < -0.3 is 15.4 Å². The molecular formula is C23H24ClN3O5S. The number of methoxy groups -OCH3 is 1. The first-order chi connectivity index (χ1) is 15.9. The van der Waals surface area contributed by atoms with Crippen LogP contribution in [0.3, 0.4) is 0 Å². The highest BCUT2D eigenvalue weighted by Gasteiger charge is 2.51. The molecular weight excluding hydrogens is 466 g/mol. The number of hydrogen-bond donors (Lipinski definition) is 2. The number of esters is 1. The number of benzene rings is 1. The average Bonchev–Trinajstić information content (AvgIpc) is 3.18. The van der Waals surface area contributed by atoms with Gasteiger partial charge in [-0.15, -0.1) is 11.3 Å². The lowest BCUT2D eigenvalue weighted by atomic mass is 9.90. The zero-order valence-corrected chi connectivity index (χ0v) is 19.7. The summed E-state index contributed by atoms with van der Waals surface area (Å²) in [6, 6.07) is 6.47. The van der Waals surface area contributed by atoms with E-state index >= 15 is 0 Å². The molecule has 0 atom stereocenters. The molecule has 1 aromatic heterocycles. The van der Waals surface area contributed by atoms with Crippen LogP contribution in [0.1, 0.15) is 48.9 Å². The standard InChI is InChI=1S/C23H24ClN3O5S/c1-32-20(29)18-15(14-8-4-5-9-16(14)24)13-33-19(18)25-17(28)12-27-21(30)23(26-22(27)31)10-6-2-3-7-11-23/h4-5,8-9,13H,2-3,6-7,10-12H2,1H3,(H,25,28)(H,26,31). The molecule has 2 N–H and O–H groups in total. The fourth-order valence-electron chi connectivity index (χ4n) is 4.43. The predicted octanol–water partition coefficient (Wildman–Crippen LogP) is 4.44. The highest BCUT2D eigenvalue weighted by Crippen LogP contribution is 2.39. The summed E-state index contributed by atoms with van der Waals surface area (Å²) >= 11 is 7.44. The summed E-state index contributed by atoms with van der Waals surface area (Å²) in [6.45, 7) is -0.438. The monoisotopic (exact) mass is 489 g/mol. The van der Waals surface area contributed by atoms with E-state index in [-0.39, 0.29) is 16.5 Å². The maximum Gasteiger partial charge on any atom is 0.341 e. The van der Waals surface area contributed by atoms with Gasteiger partial charge in [0.05, 0.1) is 7.11 Å². The molecule has 2 heterocycles. The number of rotatable bonds is 5. The van der Waals surface area contributed by atoms with Crippen molar-refractivity contribution in [2.75, 3.05) is 19.0 Å². The molecule has 2 aromatic rings. The fraction of sp³-hybridized carbons (Fsp3) is 0.391. The molecule has 33 heavy (non-hydrogen) atoms. The number of carbonyl (C=O) groups excluding carboxylic acids is 4. The van der Waals surface area contributed by atoms with E-state index in [9.17, 15) is 19.2 Å². The lowest BCUT2D eigenvalue weighted by molar-refractivity contribution is -0.134. The molecule has 1 aliphatic carbocycles. The molecule has 8 nitrogen and oxygen atoms in total. The number of ether oxygens (including phenoxy) is 1. The van der Waals surface area contributed by atoms with E-state index in [4.69, 9.17) is 16.3 Å². The number of urea groups is 1. The van der Waals surface area contributed by atoms with Crippen LogP contribution in [0.2, 0.25) is 5.02 Å². The van der Waals surface area contributed by atoms with E-state index in [0.717, 1.165) is 41.9 Å². The summed E-state index contributed by atoms with van der Waals surface area (Å²) in [6.07, 6.45) is 4.91. The first-order valence-corrected chi connectivity index (χ1v) is 12.0. The number of nitrogens with one attached hydrogen (secondary N) is 2. The average molecular weight is 490 g/mol. The maximum absolute atomic E-state index is 13.1. The zero-order chi connectivity index (χ0) is 23.6. The molecule has 1 saturated heterocycles. The van der Waals surface area contributed by atoms with Gasteiger partial charge >= 0.3 is 12.0 Å². The van der Waals surface area contributed by atoms with E-state index < -0.39 is 30.0 Å². The number of amides is 4. The Bertz CT molecular complexity index is 1110. The topological polar surface area (TPSA) is 105 Å². The summed E-state index contributed by atoms with van der Waals surface area (Å²) in [5.74, 6) is -1.57. The summed E-state index contributed by atoms with van der Waals surface area (Å²) < 4.78 is 4.92. The van der Waals surface area contributed by atoms with Crippen LogP contribution < -0.4 is 10.6 Å². The molecule has 1 saturated carbocycles. The molecule has 2 fully saturated rings. The molecule has 1 aliphatic heterocycles. The second-order valence-corrected chi connectivity index (χ2v) is 9.48. The number of halogens is 1. The quantitative estimate of drug-likeness (QED) is 0.477. The number of nitrogens with zero attached hydrogens (tertiary/aromatic N) is 1. The second-order valence-electron chi connectivity index (χ2n) is 8.19. The molecule has 174 valence electrons. The van der Waals surface area contributed by atoms with Gasteiger partial charge in [-0.3, -0.25) is 14.5 Å². The fourth-order valence-corrected chi connectivity index (χ4v) is 5.63. The Kier molecular flexibility index (Phi) is 6.71. The van der Waals surface area contributed by atoms with Crippen molar-refractivity contribution in [3.8, 4) is 11.1 Å². The van der Waals surface area contributed by atoms with Gasteiger partial charge in [0.15, 0.2) is 0 Å². The van der Waals surface area contributed by atoms with Crippen molar-refractivity contribution in [2.24, 2.45) is 0 Å². The minimum atomic E-state index is -0.912. The van der Waals surface area contributed by atoms with Crippen LogP contribution in [0.5, 0.6) is 0 Å². The molecule has 4 rings (SSSR count). The summed E-state index contributed by atoms with van der Waals surface area (Å²) in [7, 11) is 1.25. The molecule has 1 spiro atoms. The van der Waals surface area contributed by atoms with Crippen molar-refractivity contribution in [2.45, 2.75) is 44.1 Å². The molecule has 0 radical (unpaired) electrons. The van der Waals surface area contributed by atoms with Gasteiger partial charge in [0.2, 0.25) is 5.91 Å². The summed E-state index contributed by atoms with van der Waals surface area (Å²) in [5.41, 5.74) is 0.410. The van der Waals surface area contributed by atoms with E-state index in [0.29, 0.717) is 29.0 Å². The lowest BCUT2D eigenvalue weighted by Crippen LogP contribution is -2.47. The maximum atomic E-state index is 13.1. The van der Waals surface area contributed by atoms with Crippen molar-refractivity contribution in [3.63, 3.8) is 0 Å². The van der Waals surface area contributed by atoms with Crippen LogP contribution in [0.4, 0.5) is 9.80 Å². The largest absolute Gasteiger partial charge is 0.465 e. The summed E-state index contributed by atoms with van der Waals surface area (Å²) in [4.78, 5) is 51.9. The normalized spacial score (nSPS) is 17.6. The van der Waals surface area contributed by atoms with Crippen LogP contribution in [0.25, 0.3) is 11.1 Å². The van der Waals surface area contributed by atoms with E-state index in [2.05, 4.69) is 10.6 Å². The van der Waals surface area contributed by atoms with E-state index in [1.807, 2.05) is 0 Å². The Labute approximate surface area is 200 Å². The Hall–Kier alpha value is -2.91. The second kappa shape index (κ2) is 9.52. The Morgan fingerprint density at radius 2 is 1.85 bits per heavy atom. The van der Waals surface area contributed by atoms with Crippen molar-refractivity contribution in [1.29, 1.82) is 0 Å². The highest BCUT2D eigenvalue weighted by atomic mass is 35.5. The van der Waals surface area contributed by atoms with Crippen LogP contribution in [0.15, 0.2) is 29.6 Å². The van der Waals surface area contributed by atoms with Gasteiger partial charge in [0, 0.05) is 21.5 Å². The predicted molar refractivity (Wildman–Crippen MR) is 125 cm³/mol. The van der Waals surface area contributed by atoms with E-state index in [1.165, 1.54) is 7.11 Å². The van der Waals surface area contributed by atoms with Crippen LogP contribution in [-0.4, -0.2) is 47.9 Å². The third-order valence-corrected chi connectivity index (χ3v) is 7.33. The molecule has 1 aromatic carbocycles. The Balaban J connectivity index is 1.54. The van der Waals surface area contributed by atoms with Crippen molar-refractivity contribution in [3.05, 3.63) is 40.2 Å². The van der Waals surface area contributed by atoms with Crippen LogP contribution >= 0.6 is 22.9 Å². The van der Waals surface area contributed by atoms with Crippen molar-refractivity contribution < 1.29 is 23.9 Å². The minimum Gasteiger partial charge on any atom is -0.465 e. The van der Waals surface area contributed by atoms with Gasteiger partial charge in [0.1, 0.15) is 22.6 Å². The number of anilines is 1. The van der Waals surface area contributed by atoms with Gasteiger partial charge in [-0.1, -0.05) is 55.5 Å². The minimum absolute atomic E-state index is 0.168. The number of hydrogen-bond acceptors (Lipinski definition) is 6. The van der Waals surface area contributed by atoms with Gasteiger partial charge in [-0.25, -0.2) is 9.59 Å². The first kappa shape index (κ1) is 23.3. The van der Waals surface area contributed by atoms with E-state index in [1.54, 1.807) is 29.6 Å². The molecule has 0 bridgehead atoms. The number of carbonyl (C=O) groups is 4.